The number of hydrogen-bond acceptors (Lipinski definition) is 2. The molecule has 0 radical (unpaired) electrons. The summed E-state index contributed by atoms with van der Waals surface area (Å²) in [6.07, 6.45) is 1.78. The molecule has 1 amide bonds. The van der Waals surface area contributed by atoms with Gasteiger partial charge < -0.3 is 5.32 Å². The van der Waals surface area contributed by atoms with Gasteiger partial charge in [-0.3, -0.25) is 9.20 Å². The molecule has 26 heavy (non-hydrogen) atoms. The van der Waals surface area contributed by atoms with Gasteiger partial charge in [0.15, 0.2) is 0 Å². The molecule has 0 atom stereocenters. The van der Waals surface area contributed by atoms with Gasteiger partial charge in [0.2, 0.25) is 11.8 Å². The molecule has 134 valence electrons. The van der Waals surface area contributed by atoms with Crippen LogP contribution in [0.15, 0.2) is 54.7 Å². The van der Waals surface area contributed by atoms with Crippen molar-refractivity contribution in [3.63, 3.8) is 0 Å². The fourth-order valence-electron chi connectivity index (χ4n) is 3.43. The van der Waals surface area contributed by atoms with E-state index in [-0.39, 0.29) is 31.6 Å². The molecule has 3 aromatic rings. The zero-order valence-electron chi connectivity index (χ0n) is 14.2. The van der Waals surface area contributed by atoms with Gasteiger partial charge in [-0.1, -0.05) is 36.4 Å². The summed E-state index contributed by atoms with van der Waals surface area (Å²) in [4.78, 5) is 17.3. The Kier molecular flexibility index (Phi) is 4.18. The van der Waals surface area contributed by atoms with Crippen LogP contribution in [0.2, 0.25) is 0 Å². The van der Waals surface area contributed by atoms with E-state index in [9.17, 15) is 13.6 Å². The number of aromatic nitrogens is 2. The van der Waals surface area contributed by atoms with E-state index >= 15 is 0 Å². The number of amides is 1. The fourth-order valence-corrected chi connectivity index (χ4v) is 3.43. The predicted molar refractivity (Wildman–Crippen MR) is 96.2 cm³/mol. The molecule has 1 saturated carbocycles. The number of anilines is 1. The molecule has 1 fully saturated rings. The van der Waals surface area contributed by atoms with Crippen molar-refractivity contribution in [1.82, 2.24) is 9.38 Å². The summed E-state index contributed by atoms with van der Waals surface area (Å²) >= 11 is 0. The number of imidazole rings is 1. The first-order valence-electron chi connectivity index (χ1n) is 8.75. The third-order valence-corrected chi connectivity index (χ3v) is 4.91. The van der Waals surface area contributed by atoms with Gasteiger partial charge in [0, 0.05) is 30.5 Å². The molecule has 4 rings (SSSR count). The molecule has 0 unspecified atom stereocenters. The van der Waals surface area contributed by atoms with Crippen LogP contribution in [-0.2, 0) is 4.79 Å². The van der Waals surface area contributed by atoms with Crippen molar-refractivity contribution in [3.8, 4) is 11.3 Å². The summed E-state index contributed by atoms with van der Waals surface area (Å²) in [5.74, 6) is -2.68. The summed E-state index contributed by atoms with van der Waals surface area (Å²) in [5.41, 5.74) is 2.28. The van der Waals surface area contributed by atoms with Crippen LogP contribution in [-0.4, -0.2) is 21.2 Å². The Hall–Kier alpha value is -2.76. The molecule has 0 saturated heterocycles. The molecule has 1 aliphatic carbocycles. The van der Waals surface area contributed by atoms with Crippen LogP contribution in [0, 0.1) is 5.92 Å². The number of nitrogens with one attached hydrogen (secondary N) is 1. The second kappa shape index (κ2) is 6.52. The van der Waals surface area contributed by atoms with Crippen molar-refractivity contribution in [2.45, 2.75) is 31.6 Å². The number of carbonyl (C=O) groups is 1. The van der Waals surface area contributed by atoms with Crippen LogP contribution in [0.4, 0.5) is 14.6 Å². The van der Waals surface area contributed by atoms with E-state index in [1.165, 1.54) is 0 Å². The lowest BCUT2D eigenvalue weighted by molar-refractivity contribution is -0.124. The van der Waals surface area contributed by atoms with Crippen LogP contribution in [0.3, 0.4) is 0 Å². The number of fused-ring (bicyclic) bond motifs is 1. The lowest BCUT2D eigenvalue weighted by Gasteiger charge is -2.27. The van der Waals surface area contributed by atoms with Crippen LogP contribution >= 0.6 is 0 Å². The number of alkyl halides is 2. The zero-order valence-corrected chi connectivity index (χ0v) is 14.2. The highest BCUT2D eigenvalue weighted by Crippen LogP contribution is 2.37. The molecule has 1 N–H and O–H groups in total. The number of benzene rings is 1. The number of nitrogens with zero attached hydrogens (tertiary/aromatic N) is 2. The third kappa shape index (κ3) is 3.19. The smallest absolute Gasteiger partial charge is 0.248 e. The average Bonchev–Trinajstić information content (AvgIpc) is 3.01. The maximum absolute atomic E-state index is 13.4. The van der Waals surface area contributed by atoms with E-state index in [4.69, 9.17) is 0 Å². The summed E-state index contributed by atoms with van der Waals surface area (Å²) < 4.78 is 28.5. The zero-order chi connectivity index (χ0) is 18.1. The Labute approximate surface area is 149 Å². The average molecular weight is 355 g/mol. The molecule has 0 bridgehead atoms. The number of carbonyl (C=O) groups excluding carboxylic acids is 1. The van der Waals surface area contributed by atoms with Crippen molar-refractivity contribution < 1.29 is 13.6 Å². The molecule has 1 aliphatic rings. The van der Waals surface area contributed by atoms with E-state index in [2.05, 4.69) is 10.3 Å². The number of pyridine rings is 1. The van der Waals surface area contributed by atoms with Crippen molar-refractivity contribution in [2.24, 2.45) is 5.92 Å². The maximum atomic E-state index is 13.4. The summed E-state index contributed by atoms with van der Waals surface area (Å²) in [5, 5.41) is 2.95. The van der Waals surface area contributed by atoms with Crippen LogP contribution in [0.5, 0.6) is 0 Å². The molecule has 4 nitrogen and oxygen atoms in total. The van der Waals surface area contributed by atoms with Gasteiger partial charge in [-0.15, -0.1) is 0 Å². The van der Waals surface area contributed by atoms with Crippen molar-refractivity contribution in [2.75, 3.05) is 5.32 Å². The Morgan fingerprint density at radius 3 is 2.50 bits per heavy atom. The Morgan fingerprint density at radius 1 is 1.08 bits per heavy atom. The predicted octanol–water partition coefficient (Wildman–Crippen LogP) is 4.77. The number of halogens is 2. The van der Waals surface area contributed by atoms with Crippen LogP contribution in [0.25, 0.3) is 16.9 Å². The minimum absolute atomic E-state index is 0.205. The monoisotopic (exact) mass is 355 g/mol. The fraction of sp³-hybridized carbons (Fsp3) is 0.300. The van der Waals surface area contributed by atoms with E-state index in [0.29, 0.717) is 11.5 Å². The standard InChI is InChI=1S/C20H19F2N3O/c21-20(22)11-9-15(10-12-20)19(26)24-18-17(14-6-2-1-3-7-14)23-16-8-4-5-13-25(16)18/h1-8,13,15H,9-12H2,(H,24,26). The Balaban J connectivity index is 1.66. The van der Waals surface area contributed by atoms with Gasteiger partial charge in [-0.25, -0.2) is 13.8 Å². The van der Waals surface area contributed by atoms with E-state index in [1.54, 1.807) is 0 Å². The highest BCUT2D eigenvalue weighted by molar-refractivity contribution is 5.96. The summed E-state index contributed by atoms with van der Waals surface area (Å²) in [7, 11) is 0. The lowest BCUT2D eigenvalue weighted by Crippen LogP contribution is -2.32. The first-order chi connectivity index (χ1) is 12.5. The molecule has 0 aliphatic heterocycles. The molecule has 6 heteroatoms. The molecule has 0 spiro atoms. The van der Waals surface area contributed by atoms with E-state index in [1.807, 2.05) is 59.1 Å². The van der Waals surface area contributed by atoms with Gasteiger partial charge >= 0.3 is 0 Å². The largest absolute Gasteiger partial charge is 0.310 e. The summed E-state index contributed by atoms with van der Waals surface area (Å²) in [6, 6.07) is 15.2. The minimum Gasteiger partial charge on any atom is -0.310 e. The first-order valence-corrected chi connectivity index (χ1v) is 8.75. The first kappa shape index (κ1) is 16.7. The normalized spacial score (nSPS) is 17.3. The highest BCUT2D eigenvalue weighted by Gasteiger charge is 2.37. The SMILES string of the molecule is O=C(Nc1c(-c2ccccc2)nc2ccccn12)C1CCC(F)(F)CC1. The second-order valence-corrected chi connectivity index (χ2v) is 6.72. The molecule has 1 aromatic carbocycles. The van der Waals surface area contributed by atoms with Crippen molar-refractivity contribution >= 4 is 17.4 Å². The van der Waals surface area contributed by atoms with Gasteiger partial charge in [0.05, 0.1) is 0 Å². The number of hydrogen-bond donors (Lipinski definition) is 1. The quantitative estimate of drug-likeness (QED) is 0.736. The molecular weight excluding hydrogens is 336 g/mol. The molecule has 2 heterocycles. The van der Waals surface area contributed by atoms with Crippen molar-refractivity contribution in [3.05, 3.63) is 54.7 Å². The molecule has 2 aromatic heterocycles. The lowest BCUT2D eigenvalue weighted by atomic mass is 9.86. The summed E-state index contributed by atoms with van der Waals surface area (Å²) in [6.45, 7) is 0. The van der Waals surface area contributed by atoms with Crippen molar-refractivity contribution in [1.29, 1.82) is 0 Å². The topological polar surface area (TPSA) is 46.4 Å². The van der Waals surface area contributed by atoms with Gasteiger partial charge in [-0.2, -0.15) is 0 Å². The van der Waals surface area contributed by atoms with Gasteiger partial charge in [0.1, 0.15) is 17.2 Å². The second-order valence-electron chi connectivity index (χ2n) is 6.72. The Morgan fingerprint density at radius 2 is 1.77 bits per heavy atom. The van der Waals surface area contributed by atoms with Crippen LogP contribution < -0.4 is 5.32 Å². The Bertz CT molecular complexity index is 927. The number of rotatable bonds is 3. The third-order valence-electron chi connectivity index (χ3n) is 4.91. The van der Waals surface area contributed by atoms with Gasteiger partial charge in [0.25, 0.3) is 0 Å². The maximum Gasteiger partial charge on any atom is 0.248 e. The minimum atomic E-state index is -2.64. The van der Waals surface area contributed by atoms with E-state index < -0.39 is 11.8 Å². The van der Waals surface area contributed by atoms with Gasteiger partial charge in [-0.05, 0) is 25.0 Å². The molecular formula is C20H19F2N3O. The highest BCUT2D eigenvalue weighted by atomic mass is 19.3. The van der Waals surface area contributed by atoms with E-state index in [0.717, 1.165) is 11.2 Å². The van der Waals surface area contributed by atoms with Crippen LogP contribution in [0.1, 0.15) is 25.7 Å².